The molecule has 1 aliphatic rings. The number of hydrogen-bond donors (Lipinski definition) is 2. The van der Waals surface area contributed by atoms with Gasteiger partial charge in [0.15, 0.2) is 5.75 Å². The molecule has 3 aromatic carbocycles. The van der Waals surface area contributed by atoms with Crippen LogP contribution in [0.15, 0.2) is 72.8 Å². The molecule has 2 N–H and O–H groups in total. The molecule has 4 rings (SSSR count). The zero-order valence-electron chi connectivity index (χ0n) is 14.6. The highest BCUT2D eigenvalue weighted by Crippen LogP contribution is 2.36. The molecule has 0 saturated heterocycles. The maximum absolute atomic E-state index is 12.5. The fourth-order valence-electron chi connectivity index (χ4n) is 2.80. The smallest absolute Gasteiger partial charge is 0.259 e. The van der Waals surface area contributed by atoms with E-state index in [-0.39, 0.29) is 11.8 Å². The quantitative estimate of drug-likeness (QED) is 0.592. The van der Waals surface area contributed by atoms with Crippen molar-refractivity contribution in [3.8, 4) is 11.5 Å². The molecule has 6 heteroatoms. The van der Waals surface area contributed by atoms with Gasteiger partial charge >= 0.3 is 0 Å². The summed E-state index contributed by atoms with van der Waals surface area (Å²) in [4.78, 5) is 24.7. The molecule has 0 aromatic heterocycles. The lowest BCUT2D eigenvalue weighted by Gasteiger charge is -2.09. The number of fused-ring (bicyclic) bond motifs is 2. The van der Waals surface area contributed by atoms with Crippen molar-refractivity contribution < 1.29 is 14.3 Å². The third kappa shape index (κ3) is 3.75. The first-order valence-corrected chi connectivity index (χ1v) is 8.94. The van der Waals surface area contributed by atoms with Crippen molar-refractivity contribution in [3.05, 3.63) is 89.0 Å². The lowest BCUT2D eigenvalue weighted by atomic mass is 10.1. The van der Waals surface area contributed by atoms with Crippen LogP contribution in [-0.2, 0) is 4.79 Å². The summed E-state index contributed by atoms with van der Waals surface area (Å²) in [5.41, 5.74) is 2.16. The van der Waals surface area contributed by atoms with Crippen LogP contribution in [0.3, 0.4) is 0 Å². The molecule has 0 unspecified atom stereocenters. The van der Waals surface area contributed by atoms with E-state index >= 15 is 0 Å². The van der Waals surface area contributed by atoms with Crippen LogP contribution in [0.25, 0.3) is 6.08 Å². The number of hydrogen-bond acceptors (Lipinski definition) is 3. The predicted molar refractivity (Wildman–Crippen MR) is 110 cm³/mol. The molecule has 0 atom stereocenters. The summed E-state index contributed by atoms with van der Waals surface area (Å²) in [6.07, 6.45) is 3.02. The zero-order chi connectivity index (χ0) is 19.5. The van der Waals surface area contributed by atoms with Crippen LogP contribution in [0.4, 0.5) is 11.4 Å². The van der Waals surface area contributed by atoms with Crippen LogP contribution in [0, 0.1) is 0 Å². The number of halogens is 1. The third-order valence-electron chi connectivity index (χ3n) is 4.17. The van der Waals surface area contributed by atoms with Gasteiger partial charge in [-0.15, -0.1) is 0 Å². The number of carbonyl (C=O) groups excluding carboxylic acids is 2. The van der Waals surface area contributed by atoms with Gasteiger partial charge in [-0.3, -0.25) is 9.59 Å². The number of amides is 2. The van der Waals surface area contributed by atoms with Gasteiger partial charge < -0.3 is 15.4 Å². The number of anilines is 2. The molecule has 0 radical (unpaired) electrons. The molecule has 0 fully saturated rings. The summed E-state index contributed by atoms with van der Waals surface area (Å²) < 4.78 is 5.83. The Labute approximate surface area is 166 Å². The highest BCUT2D eigenvalue weighted by Gasteiger charge is 2.21. The molecule has 0 spiro atoms. The second-order valence-electron chi connectivity index (χ2n) is 6.11. The minimum absolute atomic E-state index is 0.303. The fourth-order valence-corrected chi connectivity index (χ4v) is 3.00. The number of ether oxygens (including phenoxy) is 1. The maximum atomic E-state index is 12.5. The van der Waals surface area contributed by atoms with Gasteiger partial charge in [-0.05, 0) is 48.0 Å². The normalized spacial score (nSPS) is 12.4. The Balaban J connectivity index is 1.53. The Hall–Kier alpha value is -3.57. The van der Waals surface area contributed by atoms with E-state index < -0.39 is 0 Å². The average molecular weight is 391 g/mol. The molecule has 0 aliphatic carbocycles. The van der Waals surface area contributed by atoms with E-state index in [4.69, 9.17) is 16.3 Å². The predicted octanol–water partition coefficient (Wildman–Crippen LogP) is 5.35. The van der Waals surface area contributed by atoms with E-state index in [2.05, 4.69) is 10.6 Å². The Morgan fingerprint density at radius 3 is 2.64 bits per heavy atom. The van der Waals surface area contributed by atoms with E-state index in [0.29, 0.717) is 33.5 Å². The summed E-state index contributed by atoms with van der Waals surface area (Å²) >= 11 is 6.08. The first kappa shape index (κ1) is 17.8. The van der Waals surface area contributed by atoms with E-state index in [1.165, 1.54) is 6.08 Å². The lowest BCUT2D eigenvalue weighted by molar-refractivity contribution is -0.111. The molecule has 5 nitrogen and oxygen atoms in total. The van der Waals surface area contributed by atoms with Gasteiger partial charge in [0, 0.05) is 16.8 Å². The van der Waals surface area contributed by atoms with E-state index in [1.807, 2.05) is 30.3 Å². The first-order valence-electron chi connectivity index (χ1n) is 8.56. The van der Waals surface area contributed by atoms with Crippen LogP contribution in [-0.4, -0.2) is 11.8 Å². The van der Waals surface area contributed by atoms with Crippen molar-refractivity contribution in [1.82, 2.24) is 0 Å². The maximum Gasteiger partial charge on any atom is 0.259 e. The van der Waals surface area contributed by atoms with Gasteiger partial charge in [0.05, 0.1) is 11.3 Å². The summed E-state index contributed by atoms with van der Waals surface area (Å²) in [6.45, 7) is 0. The molecule has 0 bridgehead atoms. The van der Waals surface area contributed by atoms with Crippen LogP contribution in [0.5, 0.6) is 11.5 Å². The second-order valence-corrected chi connectivity index (χ2v) is 6.51. The minimum atomic E-state index is -0.335. The molecule has 138 valence electrons. The molecule has 3 aromatic rings. The lowest BCUT2D eigenvalue weighted by Crippen LogP contribution is -2.12. The molecule has 1 aliphatic heterocycles. The highest BCUT2D eigenvalue weighted by atomic mass is 35.5. The Morgan fingerprint density at radius 2 is 1.79 bits per heavy atom. The summed E-state index contributed by atoms with van der Waals surface area (Å²) in [6, 6.07) is 19.3. The molecule has 1 heterocycles. The van der Waals surface area contributed by atoms with Crippen LogP contribution < -0.4 is 15.4 Å². The second kappa shape index (κ2) is 7.58. The van der Waals surface area contributed by atoms with E-state index in [1.54, 1.807) is 42.5 Å². The van der Waals surface area contributed by atoms with E-state index in [0.717, 1.165) is 5.56 Å². The fraction of sp³-hybridized carbons (Fsp3) is 0. The number of nitrogens with one attached hydrogen (secondary N) is 2. The molecule has 2 amide bonds. The van der Waals surface area contributed by atoms with Gasteiger partial charge in [0.1, 0.15) is 5.75 Å². The van der Waals surface area contributed by atoms with Crippen molar-refractivity contribution in [1.29, 1.82) is 0 Å². The summed E-state index contributed by atoms with van der Waals surface area (Å²) in [5.74, 6) is 0.349. The van der Waals surface area contributed by atoms with Crippen LogP contribution >= 0.6 is 11.6 Å². The van der Waals surface area contributed by atoms with Gasteiger partial charge in [0.2, 0.25) is 5.91 Å². The standard InChI is InChI=1S/C22H15ClN2O3/c23-17-6-2-1-5-14(17)9-12-21(26)24-15-10-11-19-16(13-15)22(27)25-18-7-3-4-8-20(18)28-19/h1-13H,(H,24,26)(H,25,27)/b12-9+. The van der Waals surface area contributed by atoms with Crippen molar-refractivity contribution in [3.63, 3.8) is 0 Å². The Morgan fingerprint density at radius 1 is 1.00 bits per heavy atom. The van der Waals surface area contributed by atoms with Crippen molar-refractivity contribution in [2.45, 2.75) is 0 Å². The molecular weight excluding hydrogens is 376 g/mol. The molecular formula is C22H15ClN2O3. The Bertz CT molecular complexity index is 1110. The largest absolute Gasteiger partial charge is 0.454 e. The van der Waals surface area contributed by atoms with Gasteiger partial charge in [0.25, 0.3) is 5.91 Å². The van der Waals surface area contributed by atoms with Crippen molar-refractivity contribution >= 4 is 40.9 Å². The average Bonchev–Trinajstić information content (AvgIpc) is 2.83. The minimum Gasteiger partial charge on any atom is -0.454 e. The summed E-state index contributed by atoms with van der Waals surface area (Å²) in [7, 11) is 0. The SMILES string of the molecule is O=C(/C=C/c1ccccc1Cl)Nc1ccc2c(c1)C(=O)Nc1ccccc1O2. The van der Waals surface area contributed by atoms with Crippen LogP contribution in [0.2, 0.25) is 5.02 Å². The van der Waals surface area contributed by atoms with E-state index in [9.17, 15) is 9.59 Å². The topological polar surface area (TPSA) is 67.4 Å². The monoisotopic (exact) mass is 390 g/mol. The first-order chi connectivity index (χ1) is 13.6. The van der Waals surface area contributed by atoms with Gasteiger partial charge in [-0.1, -0.05) is 41.9 Å². The highest BCUT2D eigenvalue weighted by molar-refractivity contribution is 6.32. The van der Waals surface area contributed by atoms with Gasteiger partial charge in [-0.25, -0.2) is 0 Å². The van der Waals surface area contributed by atoms with Gasteiger partial charge in [-0.2, -0.15) is 0 Å². The number of carbonyl (C=O) groups is 2. The Kier molecular flexibility index (Phi) is 4.83. The summed E-state index contributed by atoms with van der Waals surface area (Å²) in [5, 5.41) is 6.11. The third-order valence-corrected chi connectivity index (χ3v) is 4.51. The number of rotatable bonds is 3. The van der Waals surface area contributed by atoms with Crippen LogP contribution in [0.1, 0.15) is 15.9 Å². The zero-order valence-corrected chi connectivity index (χ0v) is 15.4. The molecule has 28 heavy (non-hydrogen) atoms. The number of para-hydroxylation sites is 2. The van der Waals surface area contributed by atoms with Crippen molar-refractivity contribution in [2.75, 3.05) is 10.6 Å². The number of benzene rings is 3. The molecule has 0 saturated carbocycles. The van der Waals surface area contributed by atoms with Crippen molar-refractivity contribution in [2.24, 2.45) is 0 Å².